The maximum atomic E-state index is 12.3. The number of ether oxygens (including phenoxy) is 2. The Hall–Kier alpha value is -2.57. The van der Waals surface area contributed by atoms with Crippen molar-refractivity contribution < 1.29 is 23.9 Å². The van der Waals surface area contributed by atoms with Crippen LogP contribution in [0.25, 0.3) is 0 Å². The molecule has 0 N–H and O–H groups in total. The van der Waals surface area contributed by atoms with Crippen LogP contribution in [0.5, 0.6) is 11.5 Å². The molecule has 7 heteroatoms. The topological polar surface area (TPSA) is 76.2 Å². The quantitative estimate of drug-likeness (QED) is 0.589. The Balaban J connectivity index is 2.30. The normalized spacial score (nSPS) is 14.7. The molecule has 1 heterocycles. The Morgan fingerprint density at radius 1 is 0.957 bits per heavy atom. The number of carbonyl (C=O) groups is 3. The molecule has 1 fully saturated rings. The van der Waals surface area contributed by atoms with Crippen molar-refractivity contribution in [2.45, 2.75) is 26.8 Å². The fraction of sp³-hybridized carbons (Fsp3) is 0.438. The molecule has 0 unspecified atom stereocenters. The second-order valence-corrected chi connectivity index (χ2v) is 5.26. The van der Waals surface area contributed by atoms with E-state index >= 15 is 0 Å². The van der Waals surface area contributed by atoms with E-state index in [0.29, 0.717) is 17.9 Å². The molecular weight excluding hydrogens is 300 g/mol. The van der Waals surface area contributed by atoms with E-state index in [1.165, 1.54) is 14.2 Å². The minimum atomic E-state index is -0.794. The molecule has 1 aliphatic heterocycles. The van der Waals surface area contributed by atoms with Crippen LogP contribution >= 0.6 is 0 Å². The van der Waals surface area contributed by atoms with Crippen LogP contribution in [-0.2, 0) is 16.1 Å². The lowest BCUT2D eigenvalue weighted by atomic mass is 10.1. The summed E-state index contributed by atoms with van der Waals surface area (Å²) in [6, 6.07) is 2.91. The summed E-state index contributed by atoms with van der Waals surface area (Å²) in [7, 11) is 3.04. The van der Waals surface area contributed by atoms with Gasteiger partial charge in [0, 0.05) is 6.54 Å². The van der Waals surface area contributed by atoms with Gasteiger partial charge in [0.15, 0.2) is 11.5 Å². The summed E-state index contributed by atoms with van der Waals surface area (Å²) >= 11 is 0. The van der Waals surface area contributed by atoms with Crippen molar-refractivity contribution in [1.82, 2.24) is 9.80 Å². The van der Waals surface area contributed by atoms with Crippen LogP contribution < -0.4 is 9.47 Å². The average molecular weight is 320 g/mol. The predicted molar refractivity (Wildman–Crippen MR) is 82.2 cm³/mol. The van der Waals surface area contributed by atoms with Gasteiger partial charge in [0.25, 0.3) is 0 Å². The number of nitrogens with zero attached hydrogens (tertiary/aromatic N) is 2. The zero-order chi connectivity index (χ0) is 17.1. The second-order valence-electron chi connectivity index (χ2n) is 5.26. The highest BCUT2D eigenvalue weighted by Gasteiger charge is 2.43. The lowest BCUT2D eigenvalue weighted by molar-refractivity contribution is -0.143. The lowest BCUT2D eigenvalue weighted by Crippen LogP contribution is -2.33. The Bertz CT molecular complexity index is 656. The summed E-state index contributed by atoms with van der Waals surface area (Å²) in [6.45, 7) is 3.95. The number of amides is 4. The van der Waals surface area contributed by atoms with E-state index in [1.807, 2.05) is 13.8 Å². The first kappa shape index (κ1) is 16.8. The van der Waals surface area contributed by atoms with E-state index in [0.717, 1.165) is 20.9 Å². The lowest BCUT2D eigenvalue weighted by Gasteiger charge is -2.18. The molecule has 4 amide bonds. The number of aryl methyl sites for hydroxylation is 1. The Morgan fingerprint density at radius 2 is 1.52 bits per heavy atom. The molecule has 1 saturated heterocycles. The molecule has 7 nitrogen and oxygen atoms in total. The van der Waals surface area contributed by atoms with Gasteiger partial charge in [-0.15, -0.1) is 0 Å². The van der Waals surface area contributed by atoms with Gasteiger partial charge in [-0.1, -0.05) is 6.92 Å². The number of hydrogen-bond acceptors (Lipinski definition) is 5. The van der Waals surface area contributed by atoms with Crippen LogP contribution in [-0.4, -0.2) is 48.4 Å². The highest BCUT2D eigenvalue weighted by molar-refractivity contribution is 6.44. The van der Waals surface area contributed by atoms with Crippen molar-refractivity contribution in [1.29, 1.82) is 0 Å². The number of hydrogen-bond donors (Lipinski definition) is 0. The molecule has 1 aliphatic rings. The minimum absolute atomic E-state index is 0.0236. The summed E-state index contributed by atoms with van der Waals surface area (Å²) in [4.78, 5) is 38.1. The maximum Gasteiger partial charge on any atom is 0.334 e. The van der Waals surface area contributed by atoms with Gasteiger partial charge < -0.3 is 9.47 Å². The molecule has 0 atom stereocenters. The van der Waals surface area contributed by atoms with Crippen LogP contribution in [0.3, 0.4) is 0 Å². The molecule has 0 saturated carbocycles. The molecule has 2 rings (SSSR count). The third-order valence-electron chi connectivity index (χ3n) is 3.75. The van der Waals surface area contributed by atoms with Gasteiger partial charge in [0.2, 0.25) is 0 Å². The fourth-order valence-electron chi connectivity index (χ4n) is 2.47. The third kappa shape index (κ3) is 2.99. The van der Waals surface area contributed by atoms with Gasteiger partial charge in [0.05, 0.1) is 20.8 Å². The van der Waals surface area contributed by atoms with Gasteiger partial charge in [-0.05, 0) is 36.6 Å². The minimum Gasteiger partial charge on any atom is -0.493 e. The summed E-state index contributed by atoms with van der Waals surface area (Å²) in [5.41, 5.74) is 1.56. The molecule has 124 valence electrons. The first-order valence-electron chi connectivity index (χ1n) is 7.33. The molecular formula is C16H20N2O5. The number of carbonyl (C=O) groups excluding carboxylic acids is 3. The number of benzene rings is 1. The predicted octanol–water partition coefficient (Wildman–Crippen LogP) is 1.71. The molecule has 23 heavy (non-hydrogen) atoms. The first-order chi connectivity index (χ1) is 10.9. The summed E-state index contributed by atoms with van der Waals surface area (Å²) in [5.74, 6) is -0.493. The highest BCUT2D eigenvalue weighted by Crippen LogP contribution is 2.31. The monoisotopic (exact) mass is 320 g/mol. The Labute approximate surface area is 134 Å². The van der Waals surface area contributed by atoms with Crippen LogP contribution in [0.2, 0.25) is 0 Å². The van der Waals surface area contributed by atoms with Crippen LogP contribution in [0.4, 0.5) is 4.79 Å². The number of urea groups is 1. The summed E-state index contributed by atoms with van der Waals surface area (Å²) in [6.07, 6.45) is 0.605. The summed E-state index contributed by atoms with van der Waals surface area (Å²) in [5, 5.41) is 0. The zero-order valence-electron chi connectivity index (χ0n) is 13.7. The fourth-order valence-corrected chi connectivity index (χ4v) is 2.47. The van der Waals surface area contributed by atoms with Gasteiger partial charge in [-0.2, -0.15) is 0 Å². The van der Waals surface area contributed by atoms with Crippen molar-refractivity contribution in [3.63, 3.8) is 0 Å². The molecule has 0 aliphatic carbocycles. The van der Waals surface area contributed by atoms with E-state index < -0.39 is 17.8 Å². The number of methoxy groups -OCH3 is 2. The van der Waals surface area contributed by atoms with Crippen LogP contribution in [0, 0.1) is 6.92 Å². The van der Waals surface area contributed by atoms with E-state index in [1.54, 1.807) is 12.1 Å². The molecule has 1 aromatic carbocycles. The van der Waals surface area contributed by atoms with E-state index in [4.69, 9.17) is 9.47 Å². The average Bonchev–Trinajstić information content (AvgIpc) is 2.74. The maximum absolute atomic E-state index is 12.3. The second kappa shape index (κ2) is 6.68. The SMILES string of the molecule is CCCN1C(=O)C(=O)N(Cc2cc(OC)c(OC)cc2C)C1=O. The molecule has 0 bridgehead atoms. The van der Waals surface area contributed by atoms with Gasteiger partial charge in [-0.25, -0.2) is 4.79 Å². The van der Waals surface area contributed by atoms with Crippen molar-refractivity contribution in [3.8, 4) is 11.5 Å². The largest absolute Gasteiger partial charge is 0.493 e. The van der Waals surface area contributed by atoms with Crippen molar-refractivity contribution in [2.24, 2.45) is 0 Å². The molecule has 1 aromatic rings. The van der Waals surface area contributed by atoms with Gasteiger partial charge in [0.1, 0.15) is 0 Å². The standard InChI is InChI=1S/C16H20N2O5/c1-5-6-17-14(19)15(20)18(16(17)21)9-11-8-13(23-4)12(22-3)7-10(11)2/h7-8H,5-6,9H2,1-4H3. The number of imide groups is 2. The molecule has 0 aromatic heterocycles. The molecule has 0 spiro atoms. The van der Waals surface area contributed by atoms with Crippen molar-refractivity contribution >= 4 is 17.8 Å². The number of rotatable bonds is 6. The zero-order valence-corrected chi connectivity index (χ0v) is 13.7. The van der Waals surface area contributed by atoms with Crippen molar-refractivity contribution in [3.05, 3.63) is 23.3 Å². The van der Waals surface area contributed by atoms with Gasteiger partial charge in [-0.3, -0.25) is 19.4 Å². The third-order valence-corrected chi connectivity index (χ3v) is 3.75. The Morgan fingerprint density at radius 3 is 2.09 bits per heavy atom. The van der Waals surface area contributed by atoms with Crippen LogP contribution in [0.1, 0.15) is 24.5 Å². The smallest absolute Gasteiger partial charge is 0.334 e. The molecule has 0 radical (unpaired) electrons. The van der Waals surface area contributed by atoms with E-state index in [9.17, 15) is 14.4 Å². The highest BCUT2D eigenvalue weighted by atomic mass is 16.5. The summed E-state index contributed by atoms with van der Waals surface area (Å²) < 4.78 is 10.5. The Kier molecular flexibility index (Phi) is 4.88. The van der Waals surface area contributed by atoms with E-state index in [-0.39, 0.29) is 13.1 Å². The van der Waals surface area contributed by atoms with E-state index in [2.05, 4.69) is 0 Å². The van der Waals surface area contributed by atoms with Gasteiger partial charge >= 0.3 is 17.8 Å². The van der Waals surface area contributed by atoms with Crippen molar-refractivity contribution in [2.75, 3.05) is 20.8 Å². The first-order valence-corrected chi connectivity index (χ1v) is 7.33. The van der Waals surface area contributed by atoms with Crippen LogP contribution in [0.15, 0.2) is 12.1 Å².